The van der Waals surface area contributed by atoms with Gasteiger partial charge < -0.3 is 10.2 Å². The minimum absolute atomic E-state index is 0.231. The van der Waals surface area contributed by atoms with Crippen LogP contribution in [0.3, 0.4) is 0 Å². The number of anilines is 1. The highest BCUT2D eigenvalue weighted by Gasteiger charge is 2.11. The van der Waals surface area contributed by atoms with Gasteiger partial charge in [0.15, 0.2) is 10.8 Å². The number of amides is 1. The number of nitrogens with one attached hydrogen (secondary N) is 1. The second-order valence-electron chi connectivity index (χ2n) is 4.59. The minimum atomic E-state index is -0.305. The zero-order valence-electron chi connectivity index (χ0n) is 11.3. The van der Waals surface area contributed by atoms with Crippen molar-refractivity contribution in [3.63, 3.8) is 0 Å². The van der Waals surface area contributed by atoms with Gasteiger partial charge in [0.05, 0.1) is 0 Å². The largest absolute Gasteiger partial charge is 0.320 e. The van der Waals surface area contributed by atoms with Gasteiger partial charge in [-0.3, -0.25) is 4.79 Å². The van der Waals surface area contributed by atoms with Gasteiger partial charge in [-0.15, -0.1) is 10.2 Å². The van der Waals surface area contributed by atoms with Gasteiger partial charge in [-0.2, -0.15) is 0 Å². The lowest BCUT2D eigenvalue weighted by Gasteiger charge is -2.14. The van der Waals surface area contributed by atoms with Crippen molar-refractivity contribution in [2.75, 3.05) is 19.4 Å². The second kappa shape index (κ2) is 6.45. The highest BCUT2D eigenvalue weighted by atomic mass is 35.5. The third kappa shape index (κ3) is 3.76. The Morgan fingerprint density at radius 3 is 2.60 bits per heavy atom. The van der Waals surface area contributed by atoms with Gasteiger partial charge in [0.2, 0.25) is 0 Å². The number of benzene rings is 1. The summed E-state index contributed by atoms with van der Waals surface area (Å²) in [5, 5.41) is 10.5. The normalized spacial score (nSPS) is 10.6. The lowest BCUT2D eigenvalue weighted by atomic mass is 10.1. The highest BCUT2D eigenvalue weighted by molar-refractivity contribution is 6.29. The molecule has 5 nitrogen and oxygen atoms in total. The Bertz CT molecular complexity index is 598. The standard InChI is InChI=1S/C14H15ClN4O/c1-19(2)9-10-5-3-4-6-11(10)16-14(20)12-7-8-13(15)18-17-12/h3-8H,9H2,1-2H3,(H,16,20). The van der Waals surface area contributed by atoms with Crippen LogP contribution in [0, 0.1) is 0 Å². The highest BCUT2D eigenvalue weighted by Crippen LogP contribution is 2.17. The first kappa shape index (κ1) is 14.4. The Kier molecular flexibility index (Phi) is 4.65. The van der Waals surface area contributed by atoms with Crippen LogP contribution < -0.4 is 5.32 Å². The summed E-state index contributed by atoms with van der Waals surface area (Å²) < 4.78 is 0. The van der Waals surface area contributed by atoms with Crippen molar-refractivity contribution in [2.45, 2.75) is 6.54 Å². The molecule has 0 aliphatic heterocycles. The van der Waals surface area contributed by atoms with Crippen LogP contribution >= 0.6 is 11.6 Å². The van der Waals surface area contributed by atoms with Crippen LogP contribution in [0.15, 0.2) is 36.4 Å². The molecular formula is C14H15ClN4O. The van der Waals surface area contributed by atoms with Crippen molar-refractivity contribution in [3.8, 4) is 0 Å². The van der Waals surface area contributed by atoms with Gasteiger partial charge in [-0.1, -0.05) is 29.8 Å². The van der Waals surface area contributed by atoms with Crippen molar-refractivity contribution in [1.82, 2.24) is 15.1 Å². The van der Waals surface area contributed by atoms with E-state index in [1.165, 1.54) is 6.07 Å². The van der Waals surface area contributed by atoms with Crippen molar-refractivity contribution in [1.29, 1.82) is 0 Å². The smallest absolute Gasteiger partial charge is 0.276 e. The van der Waals surface area contributed by atoms with Gasteiger partial charge in [-0.05, 0) is 37.9 Å². The maximum atomic E-state index is 12.1. The number of aromatic nitrogens is 2. The first-order valence-corrected chi connectivity index (χ1v) is 6.47. The van der Waals surface area contributed by atoms with Crippen molar-refractivity contribution in [2.24, 2.45) is 0 Å². The lowest BCUT2D eigenvalue weighted by Crippen LogP contribution is -2.17. The quantitative estimate of drug-likeness (QED) is 0.940. The molecule has 1 amide bonds. The average molecular weight is 291 g/mol. The molecule has 0 saturated carbocycles. The number of rotatable bonds is 4. The number of hydrogen-bond acceptors (Lipinski definition) is 4. The number of halogens is 1. The van der Waals surface area contributed by atoms with E-state index >= 15 is 0 Å². The maximum absolute atomic E-state index is 12.1. The van der Waals surface area contributed by atoms with Crippen LogP contribution in [0.25, 0.3) is 0 Å². The molecule has 0 aliphatic carbocycles. The van der Waals surface area contributed by atoms with Gasteiger partial charge in [0.1, 0.15) is 0 Å². The zero-order valence-corrected chi connectivity index (χ0v) is 12.1. The molecule has 1 aromatic carbocycles. The van der Waals surface area contributed by atoms with E-state index < -0.39 is 0 Å². The Morgan fingerprint density at radius 2 is 1.95 bits per heavy atom. The Labute approximate surface area is 122 Å². The summed E-state index contributed by atoms with van der Waals surface area (Å²) in [6.07, 6.45) is 0. The summed E-state index contributed by atoms with van der Waals surface area (Å²) in [6.45, 7) is 0.739. The second-order valence-corrected chi connectivity index (χ2v) is 4.98. The first-order valence-electron chi connectivity index (χ1n) is 6.09. The molecule has 1 aromatic heterocycles. The zero-order chi connectivity index (χ0) is 14.5. The fourth-order valence-electron chi connectivity index (χ4n) is 1.74. The van der Waals surface area contributed by atoms with Crippen molar-refractivity contribution < 1.29 is 4.79 Å². The predicted octanol–water partition coefficient (Wildman–Crippen LogP) is 2.44. The van der Waals surface area contributed by atoms with Crippen LogP contribution in [-0.2, 0) is 6.54 Å². The Balaban J connectivity index is 2.17. The molecule has 0 aliphatic rings. The Hall–Kier alpha value is -1.98. The van der Waals surface area contributed by atoms with E-state index in [1.54, 1.807) is 6.07 Å². The molecule has 0 saturated heterocycles. The van der Waals surface area contributed by atoms with Gasteiger partial charge >= 0.3 is 0 Å². The molecule has 2 rings (SSSR count). The van der Waals surface area contributed by atoms with E-state index in [0.29, 0.717) is 0 Å². The topological polar surface area (TPSA) is 58.1 Å². The molecule has 0 unspecified atom stereocenters. The number of para-hydroxylation sites is 1. The van der Waals surface area contributed by atoms with Crippen LogP contribution in [0.5, 0.6) is 0 Å². The monoisotopic (exact) mass is 290 g/mol. The van der Waals surface area contributed by atoms with Crippen LogP contribution in [-0.4, -0.2) is 35.1 Å². The van der Waals surface area contributed by atoms with E-state index in [2.05, 4.69) is 15.5 Å². The van der Waals surface area contributed by atoms with Crippen molar-refractivity contribution >= 4 is 23.2 Å². The fourth-order valence-corrected chi connectivity index (χ4v) is 1.85. The molecule has 6 heteroatoms. The average Bonchev–Trinajstić information content (AvgIpc) is 2.41. The molecule has 104 valence electrons. The summed E-state index contributed by atoms with van der Waals surface area (Å²) in [7, 11) is 3.95. The molecule has 1 N–H and O–H groups in total. The third-order valence-electron chi connectivity index (χ3n) is 2.62. The van der Waals surface area contributed by atoms with Crippen LogP contribution in [0.2, 0.25) is 5.15 Å². The van der Waals surface area contributed by atoms with Crippen molar-refractivity contribution in [3.05, 3.63) is 52.8 Å². The van der Waals surface area contributed by atoms with Crippen LogP contribution in [0.1, 0.15) is 16.1 Å². The van der Waals surface area contributed by atoms with Crippen LogP contribution in [0.4, 0.5) is 5.69 Å². The van der Waals surface area contributed by atoms with Gasteiger partial charge in [-0.25, -0.2) is 0 Å². The van der Waals surface area contributed by atoms with E-state index in [-0.39, 0.29) is 16.8 Å². The molecule has 0 radical (unpaired) electrons. The molecule has 0 bridgehead atoms. The SMILES string of the molecule is CN(C)Cc1ccccc1NC(=O)c1ccc(Cl)nn1. The summed E-state index contributed by atoms with van der Waals surface area (Å²) in [5.74, 6) is -0.305. The molecule has 0 atom stereocenters. The number of nitrogens with zero attached hydrogens (tertiary/aromatic N) is 3. The molecule has 0 fully saturated rings. The fraction of sp³-hybridized carbons (Fsp3) is 0.214. The number of carbonyl (C=O) groups is 1. The summed E-state index contributed by atoms with van der Waals surface area (Å²) in [5.41, 5.74) is 2.03. The predicted molar refractivity (Wildman–Crippen MR) is 78.8 cm³/mol. The molecule has 1 heterocycles. The van der Waals surface area contributed by atoms with E-state index in [1.807, 2.05) is 43.3 Å². The number of carbonyl (C=O) groups excluding carboxylic acids is 1. The summed E-state index contributed by atoms with van der Waals surface area (Å²) in [6, 6.07) is 10.7. The lowest BCUT2D eigenvalue weighted by molar-refractivity contribution is 0.102. The molecular weight excluding hydrogens is 276 g/mol. The molecule has 20 heavy (non-hydrogen) atoms. The van der Waals surface area contributed by atoms with E-state index in [9.17, 15) is 4.79 Å². The summed E-state index contributed by atoms with van der Waals surface area (Å²) in [4.78, 5) is 14.1. The molecule has 0 spiro atoms. The van der Waals surface area contributed by atoms with E-state index in [0.717, 1.165) is 17.8 Å². The third-order valence-corrected chi connectivity index (χ3v) is 2.82. The first-order chi connectivity index (χ1) is 9.56. The number of hydrogen-bond donors (Lipinski definition) is 1. The van der Waals surface area contributed by atoms with Gasteiger partial charge in [0, 0.05) is 12.2 Å². The molecule has 2 aromatic rings. The minimum Gasteiger partial charge on any atom is -0.320 e. The van der Waals surface area contributed by atoms with E-state index in [4.69, 9.17) is 11.6 Å². The Morgan fingerprint density at radius 1 is 1.20 bits per heavy atom. The maximum Gasteiger partial charge on any atom is 0.276 e. The summed E-state index contributed by atoms with van der Waals surface area (Å²) >= 11 is 5.65. The van der Waals surface area contributed by atoms with Gasteiger partial charge in [0.25, 0.3) is 5.91 Å².